The third-order valence-corrected chi connectivity index (χ3v) is 2.88. The van der Waals surface area contributed by atoms with E-state index in [1.807, 2.05) is 6.08 Å². The van der Waals surface area contributed by atoms with Crippen molar-refractivity contribution in [2.45, 2.75) is 47.0 Å². The van der Waals surface area contributed by atoms with Crippen LogP contribution in [0, 0.1) is 5.41 Å². The SMILES string of the molecule is C=CCCC(=C=C(C)CC(C)(C)C)c1ccccc1. The Balaban J connectivity index is 3.09. The van der Waals surface area contributed by atoms with Gasteiger partial charge in [0.2, 0.25) is 0 Å². The third-order valence-electron chi connectivity index (χ3n) is 2.88. The van der Waals surface area contributed by atoms with Crippen LogP contribution < -0.4 is 0 Å². The van der Waals surface area contributed by atoms with E-state index in [1.165, 1.54) is 16.7 Å². The molecule has 0 heteroatoms. The molecule has 0 spiro atoms. The van der Waals surface area contributed by atoms with E-state index in [0.717, 1.165) is 19.3 Å². The highest BCUT2D eigenvalue weighted by Crippen LogP contribution is 2.25. The molecular formula is C19H26. The van der Waals surface area contributed by atoms with Crippen molar-refractivity contribution < 1.29 is 0 Å². The molecule has 19 heavy (non-hydrogen) atoms. The summed E-state index contributed by atoms with van der Waals surface area (Å²) in [6, 6.07) is 10.6. The molecule has 0 aromatic heterocycles. The lowest BCUT2D eigenvalue weighted by molar-refractivity contribution is 0.410. The fraction of sp³-hybridized carbons (Fsp3) is 0.421. The maximum absolute atomic E-state index is 3.82. The van der Waals surface area contributed by atoms with E-state index in [2.05, 4.69) is 70.3 Å². The van der Waals surface area contributed by atoms with E-state index >= 15 is 0 Å². The lowest BCUT2D eigenvalue weighted by atomic mass is 9.88. The summed E-state index contributed by atoms with van der Waals surface area (Å²) in [6.07, 6.45) is 5.07. The van der Waals surface area contributed by atoms with Crippen LogP contribution in [0.25, 0.3) is 5.57 Å². The van der Waals surface area contributed by atoms with E-state index in [1.54, 1.807) is 0 Å². The van der Waals surface area contributed by atoms with Crippen LogP contribution in [0.3, 0.4) is 0 Å². The fourth-order valence-corrected chi connectivity index (χ4v) is 2.26. The van der Waals surface area contributed by atoms with Crippen LogP contribution >= 0.6 is 0 Å². The van der Waals surface area contributed by atoms with Crippen molar-refractivity contribution in [2.75, 3.05) is 0 Å². The van der Waals surface area contributed by atoms with Crippen LogP contribution in [0.15, 0.2) is 54.3 Å². The first-order chi connectivity index (χ1) is 8.92. The molecule has 0 N–H and O–H groups in total. The van der Waals surface area contributed by atoms with Gasteiger partial charge in [0, 0.05) is 5.57 Å². The van der Waals surface area contributed by atoms with Gasteiger partial charge in [-0.05, 0) is 42.7 Å². The van der Waals surface area contributed by atoms with Gasteiger partial charge in [-0.3, -0.25) is 0 Å². The second kappa shape index (κ2) is 7.16. The van der Waals surface area contributed by atoms with Crippen molar-refractivity contribution in [1.29, 1.82) is 0 Å². The first kappa shape index (κ1) is 15.5. The summed E-state index contributed by atoms with van der Waals surface area (Å²) < 4.78 is 0. The van der Waals surface area contributed by atoms with Crippen LogP contribution in [0.4, 0.5) is 0 Å². The summed E-state index contributed by atoms with van der Waals surface area (Å²) in [6.45, 7) is 12.8. The number of hydrogen-bond acceptors (Lipinski definition) is 0. The Kier molecular flexibility index (Phi) is 5.86. The monoisotopic (exact) mass is 254 g/mol. The molecule has 0 unspecified atom stereocenters. The number of allylic oxidation sites excluding steroid dienone is 2. The van der Waals surface area contributed by atoms with Crippen molar-refractivity contribution in [3.63, 3.8) is 0 Å². The molecule has 0 aliphatic carbocycles. The molecule has 0 fully saturated rings. The molecule has 0 saturated carbocycles. The Hall–Kier alpha value is -1.52. The van der Waals surface area contributed by atoms with Gasteiger partial charge in [0.15, 0.2) is 0 Å². The molecule has 0 radical (unpaired) electrons. The largest absolute Gasteiger partial charge is 0.118 e. The number of benzene rings is 1. The summed E-state index contributed by atoms with van der Waals surface area (Å²) in [5, 5.41) is 0. The predicted octanol–water partition coefficient (Wildman–Crippen LogP) is 6.02. The smallest absolute Gasteiger partial charge is 0.00145 e. The van der Waals surface area contributed by atoms with E-state index < -0.39 is 0 Å². The van der Waals surface area contributed by atoms with Crippen molar-refractivity contribution in [3.05, 3.63) is 59.9 Å². The molecule has 0 atom stereocenters. The summed E-state index contributed by atoms with van der Waals surface area (Å²) in [5.41, 5.74) is 7.83. The Labute approximate surface area is 118 Å². The Morgan fingerprint density at radius 2 is 1.84 bits per heavy atom. The highest BCUT2D eigenvalue weighted by atomic mass is 14.2. The standard InChI is InChI=1S/C19H26/c1-6-7-11-18(17-12-9-8-10-13-17)14-16(2)15-19(3,4)5/h6,8-10,12-13H,1,7,11,15H2,2-5H3. The third kappa shape index (κ3) is 6.27. The maximum atomic E-state index is 3.82. The van der Waals surface area contributed by atoms with Crippen LogP contribution in [-0.4, -0.2) is 0 Å². The highest BCUT2D eigenvalue weighted by Gasteiger charge is 2.10. The molecule has 0 aliphatic heterocycles. The van der Waals surface area contributed by atoms with Crippen molar-refractivity contribution in [1.82, 2.24) is 0 Å². The van der Waals surface area contributed by atoms with Gasteiger partial charge in [-0.2, -0.15) is 0 Å². The molecular weight excluding hydrogens is 228 g/mol. The minimum atomic E-state index is 0.317. The predicted molar refractivity (Wildman–Crippen MR) is 86.1 cm³/mol. The summed E-state index contributed by atoms with van der Waals surface area (Å²) in [7, 11) is 0. The second-order valence-corrected chi connectivity index (χ2v) is 6.31. The Morgan fingerprint density at radius 3 is 2.37 bits per heavy atom. The normalized spacial score (nSPS) is 10.7. The van der Waals surface area contributed by atoms with Gasteiger partial charge in [0.05, 0.1) is 0 Å². The van der Waals surface area contributed by atoms with Gasteiger partial charge < -0.3 is 0 Å². The Morgan fingerprint density at radius 1 is 1.21 bits per heavy atom. The van der Waals surface area contributed by atoms with Gasteiger partial charge in [0.25, 0.3) is 0 Å². The van der Waals surface area contributed by atoms with Gasteiger partial charge in [-0.25, -0.2) is 0 Å². The fourth-order valence-electron chi connectivity index (χ4n) is 2.26. The average Bonchev–Trinajstić information content (AvgIpc) is 2.33. The molecule has 1 rings (SSSR count). The van der Waals surface area contributed by atoms with Crippen molar-refractivity contribution in [3.8, 4) is 0 Å². The van der Waals surface area contributed by atoms with E-state index in [4.69, 9.17) is 0 Å². The minimum absolute atomic E-state index is 0.317. The zero-order valence-corrected chi connectivity index (χ0v) is 12.8. The quantitative estimate of drug-likeness (QED) is 0.445. The van der Waals surface area contributed by atoms with Crippen LogP contribution in [0.1, 0.15) is 52.5 Å². The summed E-state index contributed by atoms with van der Waals surface area (Å²) in [5.74, 6) is 0. The first-order valence-corrected chi connectivity index (χ1v) is 7.04. The first-order valence-electron chi connectivity index (χ1n) is 7.04. The van der Waals surface area contributed by atoms with E-state index in [-0.39, 0.29) is 0 Å². The molecule has 1 aromatic rings. The molecule has 0 amide bonds. The molecule has 0 saturated heterocycles. The van der Waals surface area contributed by atoms with Gasteiger partial charge in [0.1, 0.15) is 0 Å². The van der Waals surface area contributed by atoms with E-state index in [9.17, 15) is 0 Å². The average molecular weight is 254 g/mol. The molecule has 0 heterocycles. The second-order valence-electron chi connectivity index (χ2n) is 6.31. The number of hydrogen-bond donors (Lipinski definition) is 0. The zero-order chi connectivity index (χ0) is 14.3. The molecule has 102 valence electrons. The molecule has 0 aliphatic rings. The van der Waals surface area contributed by atoms with Gasteiger partial charge in [-0.15, -0.1) is 12.3 Å². The van der Waals surface area contributed by atoms with Gasteiger partial charge >= 0.3 is 0 Å². The zero-order valence-electron chi connectivity index (χ0n) is 12.8. The van der Waals surface area contributed by atoms with Crippen LogP contribution in [-0.2, 0) is 0 Å². The topological polar surface area (TPSA) is 0 Å². The minimum Gasteiger partial charge on any atom is -0.118 e. The Bertz CT molecular complexity index is 463. The highest BCUT2D eigenvalue weighted by molar-refractivity contribution is 5.65. The lowest BCUT2D eigenvalue weighted by Gasteiger charge is -2.17. The lowest BCUT2D eigenvalue weighted by Crippen LogP contribution is -2.04. The van der Waals surface area contributed by atoms with Crippen LogP contribution in [0.5, 0.6) is 0 Å². The van der Waals surface area contributed by atoms with Crippen molar-refractivity contribution in [2.24, 2.45) is 5.41 Å². The molecule has 0 nitrogen and oxygen atoms in total. The van der Waals surface area contributed by atoms with Gasteiger partial charge in [-0.1, -0.05) is 57.2 Å². The molecule has 0 bridgehead atoms. The molecule has 1 aromatic carbocycles. The van der Waals surface area contributed by atoms with E-state index in [0.29, 0.717) is 5.41 Å². The summed E-state index contributed by atoms with van der Waals surface area (Å²) in [4.78, 5) is 0. The maximum Gasteiger partial charge on any atom is 0.00145 e. The number of rotatable bonds is 5. The van der Waals surface area contributed by atoms with Crippen LogP contribution in [0.2, 0.25) is 0 Å². The van der Waals surface area contributed by atoms with Crippen molar-refractivity contribution >= 4 is 5.57 Å². The summed E-state index contributed by atoms with van der Waals surface area (Å²) >= 11 is 0.